The lowest BCUT2D eigenvalue weighted by Gasteiger charge is -2.23. The Labute approximate surface area is 109 Å². The van der Waals surface area contributed by atoms with Gasteiger partial charge in [-0.15, -0.1) is 0 Å². The Morgan fingerprint density at radius 1 is 1.41 bits per heavy atom. The second kappa shape index (κ2) is 4.41. The largest absolute Gasteiger partial charge is 0.334 e. The first-order chi connectivity index (χ1) is 8.27. The van der Waals surface area contributed by atoms with E-state index in [4.69, 9.17) is 0 Å². The van der Waals surface area contributed by atoms with E-state index < -0.39 is 0 Å². The molecule has 2 aliphatic rings. The zero-order valence-corrected chi connectivity index (χ0v) is 11.2. The Balaban J connectivity index is 1.85. The van der Waals surface area contributed by atoms with Crippen LogP contribution in [0.5, 0.6) is 0 Å². The quantitative estimate of drug-likeness (QED) is 0.798. The van der Waals surface area contributed by atoms with Crippen molar-refractivity contribution in [3.05, 3.63) is 28.5 Å². The summed E-state index contributed by atoms with van der Waals surface area (Å²) in [6.07, 6.45) is 6.57. The minimum Gasteiger partial charge on any atom is -0.334 e. The van der Waals surface area contributed by atoms with Gasteiger partial charge in [-0.2, -0.15) is 0 Å². The van der Waals surface area contributed by atoms with Crippen LogP contribution in [0.4, 0.5) is 0 Å². The van der Waals surface area contributed by atoms with Gasteiger partial charge in [-0.05, 0) is 53.2 Å². The minimum atomic E-state index is 0.0897. The Morgan fingerprint density at radius 2 is 2.29 bits per heavy atom. The Kier molecular flexibility index (Phi) is 2.90. The van der Waals surface area contributed by atoms with Crippen LogP contribution in [0.15, 0.2) is 22.8 Å². The van der Waals surface area contributed by atoms with Crippen LogP contribution >= 0.6 is 15.9 Å². The molecule has 0 radical (unpaired) electrons. The normalized spacial score (nSPS) is 27.2. The molecule has 2 atom stereocenters. The number of likely N-dealkylation sites (tertiary alicyclic amines) is 1. The number of halogens is 1. The molecule has 3 rings (SSSR count). The number of nitrogens with zero attached hydrogens (tertiary/aromatic N) is 2. The Hall–Kier alpha value is -0.900. The summed E-state index contributed by atoms with van der Waals surface area (Å²) >= 11 is 3.41. The minimum absolute atomic E-state index is 0.0897. The van der Waals surface area contributed by atoms with E-state index in [0.29, 0.717) is 11.7 Å². The molecular formula is C13H15BrN2O. The first-order valence-electron chi connectivity index (χ1n) is 6.19. The molecule has 1 amide bonds. The Morgan fingerprint density at radius 3 is 3.12 bits per heavy atom. The number of hydrogen-bond acceptors (Lipinski definition) is 2. The van der Waals surface area contributed by atoms with Gasteiger partial charge in [0.25, 0.3) is 5.91 Å². The lowest BCUT2D eigenvalue weighted by atomic mass is 10.0. The lowest BCUT2D eigenvalue weighted by Crippen LogP contribution is -2.36. The van der Waals surface area contributed by atoms with Gasteiger partial charge in [0.2, 0.25) is 0 Å². The highest BCUT2D eigenvalue weighted by atomic mass is 79.9. The molecule has 4 heteroatoms. The molecule has 0 unspecified atom stereocenters. The number of rotatable bonds is 1. The predicted molar refractivity (Wildman–Crippen MR) is 68.7 cm³/mol. The third-order valence-corrected chi connectivity index (χ3v) is 4.62. The number of fused-ring (bicyclic) bond motifs is 1. The average Bonchev–Trinajstić information content (AvgIpc) is 2.90. The summed E-state index contributed by atoms with van der Waals surface area (Å²) in [5, 5.41) is 0. The van der Waals surface area contributed by atoms with E-state index in [1.54, 1.807) is 6.20 Å². The highest BCUT2D eigenvalue weighted by Crippen LogP contribution is 2.38. The summed E-state index contributed by atoms with van der Waals surface area (Å²) < 4.78 is 0.798. The van der Waals surface area contributed by atoms with Crippen molar-refractivity contribution in [2.45, 2.75) is 31.7 Å². The van der Waals surface area contributed by atoms with Gasteiger partial charge in [0.1, 0.15) is 5.69 Å². The summed E-state index contributed by atoms with van der Waals surface area (Å²) in [4.78, 5) is 18.7. The van der Waals surface area contributed by atoms with Gasteiger partial charge in [-0.25, -0.2) is 4.98 Å². The highest BCUT2D eigenvalue weighted by molar-refractivity contribution is 9.10. The van der Waals surface area contributed by atoms with E-state index in [0.717, 1.165) is 16.9 Å². The van der Waals surface area contributed by atoms with Crippen molar-refractivity contribution < 1.29 is 4.79 Å². The lowest BCUT2D eigenvalue weighted by molar-refractivity contribution is 0.0722. The maximum absolute atomic E-state index is 12.4. The van der Waals surface area contributed by atoms with Crippen LogP contribution in [-0.2, 0) is 0 Å². The van der Waals surface area contributed by atoms with Crippen molar-refractivity contribution in [1.82, 2.24) is 9.88 Å². The molecule has 90 valence electrons. The average molecular weight is 295 g/mol. The fourth-order valence-electron chi connectivity index (χ4n) is 3.17. The van der Waals surface area contributed by atoms with Crippen LogP contribution < -0.4 is 0 Å². The van der Waals surface area contributed by atoms with Crippen molar-refractivity contribution in [3.63, 3.8) is 0 Å². The van der Waals surface area contributed by atoms with Crippen molar-refractivity contribution in [2.24, 2.45) is 5.92 Å². The van der Waals surface area contributed by atoms with Crippen LogP contribution in [-0.4, -0.2) is 28.4 Å². The smallest absolute Gasteiger partial charge is 0.273 e. The molecule has 0 bridgehead atoms. The van der Waals surface area contributed by atoms with Gasteiger partial charge >= 0.3 is 0 Å². The maximum Gasteiger partial charge on any atom is 0.273 e. The van der Waals surface area contributed by atoms with E-state index >= 15 is 0 Å². The summed E-state index contributed by atoms with van der Waals surface area (Å²) in [6, 6.07) is 4.18. The van der Waals surface area contributed by atoms with Crippen molar-refractivity contribution in [1.29, 1.82) is 0 Å². The third-order valence-electron chi connectivity index (χ3n) is 3.98. The topological polar surface area (TPSA) is 33.2 Å². The molecule has 0 spiro atoms. The number of carbonyl (C=O) groups is 1. The van der Waals surface area contributed by atoms with Gasteiger partial charge in [-0.3, -0.25) is 4.79 Å². The van der Waals surface area contributed by atoms with Crippen LogP contribution in [0.2, 0.25) is 0 Å². The number of amides is 1. The van der Waals surface area contributed by atoms with Gasteiger partial charge in [0.05, 0.1) is 0 Å². The number of aromatic nitrogens is 1. The SMILES string of the molecule is O=C(c1ncccc1Br)N1CC[C@@H]2CCC[C@H]21. The molecular weight excluding hydrogens is 280 g/mol. The standard InChI is InChI=1S/C13H15BrN2O/c14-10-4-2-7-15-12(10)13(17)16-8-6-9-3-1-5-11(9)16/h2,4,7,9,11H,1,3,5-6,8H2/t9-,11+/m0/s1. The van der Waals surface area contributed by atoms with E-state index in [-0.39, 0.29) is 5.91 Å². The third kappa shape index (κ3) is 1.88. The molecule has 0 aromatic carbocycles. The summed E-state index contributed by atoms with van der Waals surface area (Å²) in [5.74, 6) is 0.827. The van der Waals surface area contributed by atoms with Gasteiger partial charge in [0, 0.05) is 23.3 Å². The first kappa shape index (κ1) is 11.2. The van der Waals surface area contributed by atoms with Crippen LogP contribution in [0.3, 0.4) is 0 Å². The van der Waals surface area contributed by atoms with E-state index in [1.807, 2.05) is 17.0 Å². The van der Waals surface area contributed by atoms with E-state index in [9.17, 15) is 4.79 Å². The van der Waals surface area contributed by atoms with E-state index in [2.05, 4.69) is 20.9 Å². The maximum atomic E-state index is 12.4. The van der Waals surface area contributed by atoms with Gasteiger partial charge < -0.3 is 4.90 Å². The van der Waals surface area contributed by atoms with Crippen LogP contribution in [0.25, 0.3) is 0 Å². The fraction of sp³-hybridized carbons (Fsp3) is 0.538. The zero-order valence-electron chi connectivity index (χ0n) is 9.60. The zero-order chi connectivity index (χ0) is 11.8. The summed E-state index contributed by atoms with van der Waals surface area (Å²) in [5.41, 5.74) is 0.556. The van der Waals surface area contributed by atoms with Crippen LogP contribution in [0, 0.1) is 5.92 Å². The first-order valence-corrected chi connectivity index (χ1v) is 6.98. The second-order valence-corrected chi connectivity index (χ2v) is 5.73. The van der Waals surface area contributed by atoms with Crippen molar-refractivity contribution in [3.8, 4) is 0 Å². The number of pyridine rings is 1. The molecule has 3 nitrogen and oxygen atoms in total. The molecule has 1 aromatic heterocycles. The number of hydrogen-bond donors (Lipinski definition) is 0. The highest BCUT2D eigenvalue weighted by Gasteiger charge is 2.40. The fourth-order valence-corrected chi connectivity index (χ4v) is 3.59. The molecule has 1 aliphatic carbocycles. The van der Waals surface area contributed by atoms with Crippen molar-refractivity contribution >= 4 is 21.8 Å². The molecule has 1 saturated heterocycles. The predicted octanol–water partition coefficient (Wildman–Crippen LogP) is 2.86. The summed E-state index contributed by atoms with van der Waals surface area (Å²) in [6.45, 7) is 0.900. The van der Waals surface area contributed by atoms with Gasteiger partial charge in [-0.1, -0.05) is 6.42 Å². The molecule has 1 aliphatic heterocycles. The summed E-state index contributed by atoms with van der Waals surface area (Å²) in [7, 11) is 0. The molecule has 2 heterocycles. The molecule has 2 fully saturated rings. The van der Waals surface area contributed by atoms with E-state index in [1.165, 1.54) is 25.7 Å². The molecule has 17 heavy (non-hydrogen) atoms. The number of carbonyl (C=O) groups excluding carboxylic acids is 1. The molecule has 1 saturated carbocycles. The van der Waals surface area contributed by atoms with Gasteiger partial charge in [0.15, 0.2) is 0 Å². The van der Waals surface area contributed by atoms with Crippen LogP contribution in [0.1, 0.15) is 36.2 Å². The molecule has 0 N–H and O–H groups in total. The molecule has 1 aromatic rings. The van der Waals surface area contributed by atoms with Crippen molar-refractivity contribution in [2.75, 3.05) is 6.54 Å². The second-order valence-electron chi connectivity index (χ2n) is 4.88. The Bertz CT molecular complexity index is 449. The monoisotopic (exact) mass is 294 g/mol.